The van der Waals surface area contributed by atoms with Crippen LogP contribution in [0, 0.1) is 17.8 Å². The Morgan fingerprint density at radius 3 is 2.61 bits per heavy atom. The molecule has 3 atom stereocenters. The summed E-state index contributed by atoms with van der Waals surface area (Å²) in [7, 11) is 0. The number of aliphatic hydroxyl groups is 2. The fourth-order valence-corrected chi connectivity index (χ4v) is 6.88. The van der Waals surface area contributed by atoms with Crippen molar-refractivity contribution in [2.45, 2.75) is 49.8 Å². The van der Waals surface area contributed by atoms with Crippen molar-refractivity contribution in [3.63, 3.8) is 0 Å². The van der Waals surface area contributed by atoms with Crippen LogP contribution in [0.1, 0.15) is 54.1 Å². The third-order valence-corrected chi connectivity index (χ3v) is 8.07. The smallest absolute Gasteiger partial charge is 0.255 e. The number of anilines is 1. The van der Waals surface area contributed by atoms with Crippen LogP contribution in [0.5, 0.6) is 0 Å². The Bertz CT molecular complexity index is 1160. The van der Waals surface area contributed by atoms with Gasteiger partial charge in [-0.3, -0.25) is 4.79 Å². The Kier molecular flexibility index (Phi) is 4.92. The minimum atomic E-state index is -0.499. The number of carbonyl (C=O) groups excluding carboxylic acids is 1. The van der Waals surface area contributed by atoms with Gasteiger partial charge in [-0.05, 0) is 61.5 Å². The quantitative estimate of drug-likeness (QED) is 0.399. The van der Waals surface area contributed by atoms with E-state index in [1.807, 2.05) is 42.6 Å². The number of nitrogens with zero attached hydrogens (tertiary/aromatic N) is 1. The lowest BCUT2D eigenvalue weighted by atomic mass is 9.52. The van der Waals surface area contributed by atoms with E-state index in [1.165, 1.54) is 0 Å². The maximum absolute atomic E-state index is 13.4. The topological polar surface area (TPSA) is 110 Å². The minimum Gasteiger partial charge on any atom is -0.394 e. The van der Waals surface area contributed by atoms with Gasteiger partial charge < -0.3 is 25.8 Å². The molecule has 0 radical (unpaired) electrons. The Morgan fingerprint density at radius 2 is 1.91 bits per heavy atom. The number of hydrogen-bond acceptors (Lipinski definition) is 5. The summed E-state index contributed by atoms with van der Waals surface area (Å²) in [6.45, 7) is -0.189. The molecule has 7 nitrogen and oxygen atoms in total. The molecule has 0 aliphatic heterocycles. The number of H-pyrrole nitrogens is 1. The summed E-state index contributed by atoms with van der Waals surface area (Å²) in [5, 5.41) is 28.5. The Morgan fingerprint density at radius 1 is 1.15 bits per heavy atom. The number of nitrogens with one attached hydrogen (secondary N) is 3. The highest BCUT2D eigenvalue weighted by atomic mass is 16.3. The zero-order valence-electron chi connectivity index (χ0n) is 18.5. The second-order valence-corrected chi connectivity index (χ2v) is 10.3. The van der Waals surface area contributed by atoms with Gasteiger partial charge in [0.15, 0.2) is 0 Å². The first-order valence-corrected chi connectivity index (χ1v) is 11.9. The van der Waals surface area contributed by atoms with E-state index in [1.54, 1.807) is 6.20 Å². The second kappa shape index (κ2) is 7.85. The van der Waals surface area contributed by atoms with Crippen molar-refractivity contribution in [1.82, 2.24) is 15.3 Å². The molecule has 0 spiro atoms. The first kappa shape index (κ1) is 20.7. The molecular weight excluding hydrogens is 416 g/mol. The lowest BCUT2D eigenvalue weighted by molar-refractivity contribution is -0.129. The third kappa shape index (κ3) is 3.60. The van der Waals surface area contributed by atoms with E-state index in [0.29, 0.717) is 23.3 Å². The Labute approximate surface area is 192 Å². The van der Waals surface area contributed by atoms with E-state index in [0.717, 1.165) is 54.4 Å². The molecule has 7 heteroatoms. The number of fused-ring (bicyclic) bond motifs is 1. The molecule has 4 aliphatic carbocycles. The van der Waals surface area contributed by atoms with Crippen LogP contribution in [0.15, 0.2) is 48.8 Å². The normalized spacial score (nSPS) is 31.0. The Balaban J connectivity index is 1.32. The predicted molar refractivity (Wildman–Crippen MR) is 126 cm³/mol. The number of carbonyl (C=O) groups is 1. The molecule has 4 saturated carbocycles. The van der Waals surface area contributed by atoms with E-state index in [4.69, 9.17) is 0 Å². The van der Waals surface area contributed by atoms with Crippen molar-refractivity contribution in [2.24, 2.45) is 17.8 Å². The number of amides is 1. The third-order valence-electron chi connectivity index (χ3n) is 8.07. The number of benzene rings is 1. The zero-order chi connectivity index (χ0) is 22.6. The van der Waals surface area contributed by atoms with Gasteiger partial charge in [0.1, 0.15) is 5.65 Å². The molecule has 4 aliphatic rings. The maximum atomic E-state index is 13.4. The number of hydrogen-bond donors (Lipinski definition) is 5. The van der Waals surface area contributed by atoms with Gasteiger partial charge in [0.05, 0.1) is 29.5 Å². The molecule has 2 aromatic heterocycles. The summed E-state index contributed by atoms with van der Waals surface area (Å²) in [6, 6.07) is 11.2. The largest absolute Gasteiger partial charge is 0.394 e. The van der Waals surface area contributed by atoms with Crippen LogP contribution in [-0.2, 0) is 0 Å². The van der Waals surface area contributed by atoms with Gasteiger partial charge in [0, 0.05) is 23.8 Å². The number of aliphatic hydroxyl groups excluding tert-OH is 1. The van der Waals surface area contributed by atoms with Crippen LogP contribution in [0.3, 0.4) is 0 Å². The number of pyridine rings is 1. The summed E-state index contributed by atoms with van der Waals surface area (Å²) < 4.78 is 0. The van der Waals surface area contributed by atoms with Crippen molar-refractivity contribution in [3.05, 3.63) is 59.9 Å². The molecular formula is C26H30N4O3. The van der Waals surface area contributed by atoms with Crippen LogP contribution >= 0.6 is 0 Å². The van der Waals surface area contributed by atoms with Crippen molar-refractivity contribution in [2.75, 3.05) is 11.9 Å². The molecule has 5 N–H and O–H groups in total. The van der Waals surface area contributed by atoms with Gasteiger partial charge >= 0.3 is 0 Å². The molecule has 172 valence electrons. The maximum Gasteiger partial charge on any atom is 0.255 e. The fourth-order valence-electron chi connectivity index (χ4n) is 6.88. The first-order valence-electron chi connectivity index (χ1n) is 11.9. The van der Waals surface area contributed by atoms with Crippen molar-refractivity contribution >= 4 is 22.6 Å². The standard InChI is InChI=1S/C26H30N4O3/c31-14-21(16-4-2-1-3-5-16)29-25(32)20-13-28-24-19(6-7-27-24)23(20)30-22-17-8-15-9-18(22)12-26(33,10-15)11-17/h1-7,13,15,17-18,21-22,31,33H,8-12,14H2,(H,29,32)(H2,27,28,30)/t15?,17?,18?,21-,22-,26+/m1/s1. The summed E-state index contributed by atoms with van der Waals surface area (Å²) in [5.41, 5.74) is 2.35. The van der Waals surface area contributed by atoms with Crippen molar-refractivity contribution < 1.29 is 15.0 Å². The zero-order valence-corrected chi connectivity index (χ0v) is 18.5. The van der Waals surface area contributed by atoms with Crippen LogP contribution in [0.4, 0.5) is 5.69 Å². The molecule has 4 fully saturated rings. The summed E-state index contributed by atoms with van der Waals surface area (Å²) in [4.78, 5) is 21.0. The highest BCUT2D eigenvalue weighted by Crippen LogP contribution is 2.56. The molecule has 4 bridgehead atoms. The first-order chi connectivity index (χ1) is 16.0. The van der Waals surface area contributed by atoms with Crippen LogP contribution in [0.2, 0.25) is 0 Å². The van der Waals surface area contributed by atoms with Gasteiger partial charge in [-0.25, -0.2) is 4.98 Å². The molecule has 2 unspecified atom stereocenters. The number of aromatic amines is 1. The predicted octanol–water partition coefficient (Wildman–Crippen LogP) is 3.38. The average Bonchev–Trinajstić information content (AvgIpc) is 3.28. The van der Waals surface area contributed by atoms with Gasteiger partial charge in [0.25, 0.3) is 5.91 Å². The van der Waals surface area contributed by atoms with Gasteiger partial charge in [-0.2, -0.15) is 0 Å². The SMILES string of the molecule is O=C(N[C@H](CO)c1ccccc1)c1cnc2[nH]ccc2c1N[C@H]1C2CC3CC1C[C@@](O)(C3)C2. The highest BCUT2D eigenvalue weighted by Gasteiger charge is 2.54. The molecule has 1 amide bonds. The molecule has 33 heavy (non-hydrogen) atoms. The van der Waals surface area contributed by atoms with Crippen LogP contribution in [-0.4, -0.2) is 44.3 Å². The van der Waals surface area contributed by atoms with E-state index in [-0.39, 0.29) is 18.6 Å². The van der Waals surface area contributed by atoms with Crippen molar-refractivity contribution in [1.29, 1.82) is 0 Å². The average molecular weight is 447 g/mol. The molecule has 3 aromatic rings. The van der Waals surface area contributed by atoms with E-state index in [9.17, 15) is 15.0 Å². The second-order valence-electron chi connectivity index (χ2n) is 10.3. The summed E-state index contributed by atoms with van der Waals surface area (Å²) in [6.07, 6.45) is 8.34. The van der Waals surface area contributed by atoms with Crippen molar-refractivity contribution in [3.8, 4) is 0 Å². The van der Waals surface area contributed by atoms with E-state index >= 15 is 0 Å². The lowest BCUT2D eigenvalue weighted by Crippen LogP contribution is -2.59. The van der Waals surface area contributed by atoms with Gasteiger partial charge in [-0.15, -0.1) is 0 Å². The molecule has 1 aromatic carbocycles. The monoisotopic (exact) mass is 446 g/mol. The summed E-state index contributed by atoms with van der Waals surface area (Å²) >= 11 is 0. The fraction of sp³-hybridized carbons (Fsp3) is 0.462. The highest BCUT2D eigenvalue weighted by molar-refractivity contribution is 6.06. The minimum absolute atomic E-state index is 0.189. The van der Waals surface area contributed by atoms with Gasteiger partial charge in [0.2, 0.25) is 0 Å². The Hall–Kier alpha value is -2.90. The van der Waals surface area contributed by atoms with E-state index in [2.05, 4.69) is 20.6 Å². The van der Waals surface area contributed by atoms with Crippen LogP contribution < -0.4 is 10.6 Å². The lowest BCUT2D eigenvalue weighted by Gasteiger charge is -2.58. The molecule has 2 heterocycles. The van der Waals surface area contributed by atoms with Gasteiger partial charge in [-0.1, -0.05) is 30.3 Å². The summed E-state index contributed by atoms with van der Waals surface area (Å²) in [5.74, 6) is 1.18. The molecule has 0 saturated heterocycles. The number of rotatable bonds is 6. The van der Waals surface area contributed by atoms with Crippen LogP contribution in [0.25, 0.3) is 11.0 Å². The molecule has 7 rings (SSSR count). The number of aromatic nitrogens is 2. The van der Waals surface area contributed by atoms with E-state index < -0.39 is 11.6 Å².